The maximum absolute atomic E-state index is 13.6. The topological polar surface area (TPSA) is 63.9 Å². The van der Waals surface area contributed by atoms with Crippen molar-refractivity contribution in [1.82, 2.24) is 9.47 Å². The van der Waals surface area contributed by atoms with Crippen LogP contribution in [0.4, 0.5) is 0 Å². The number of esters is 1. The first-order chi connectivity index (χ1) is 16.9. The van der Waals surface area contributed by atoms with E-state index in [-0.39, 0.29) is 29.6 Å². The number of aromatic nitrogens is 1. The van der Waals surface area contributed by atoms with Gasteiger partial charge in [0.25, 0.3) is 0 Å². The number of likely N-dealkylation sites (tertiary alicyclic amines) is 1. The van der Waals surface area contributed by atoms with Crippen LogP contribution in [0.3, 0.4) is 0 Å². The van der Waals surface area contributed by atoms with Gasteiger partial charge in [-0.3, -0.25) is 4.90 Å². The number of methoxy groups -OCH3 is 1. The summed E-state index contributed by atoms with van der Waals surface area (Å²) in [5, 5.41) is 11.6. The molecule has 186 valence electrons. The van der Waals surface area contributed by atoms with E-state index in [2.05, 4.69) is 25.4 Å². The van der Waals surface area contributed by atoms with Crippen molar-refractivity contribution in [3.63, 3.8) is 0 Å². The van der Waals surface area contributed by atoms with Crippen molar-refractivity contribution >= 4 is 45.4 Å². The van der Waals surface area contributed by atoms with Crippen molar-refractivity contribution in [2.24, 2.45) is 0 Å². The molecule has 1 aliphatic carbocycles. The predicted octanol–water partition coefficient (Wildman–Crippen LogP) is 6.24. The molecule has 35 heavy (non-hydrogen) atoms. The van der Waals surface area contributed by atoms with Crippen LogP contribution in [0, 0.1) is 0 Å². The van der Waals surface area contributed by atoms with Gasteiger partial charge in [0.1, 0.15) is 11.5 Å². The molecule has 2 fully saturated rings. The van der Waals surface area contributed by atoms with Crippen LogP contribution >= 0.6 is 28.6 Å². The van der Waals surface area contributed by atoms with Crippen LogP contribution < -0.4 is 4.74 Å². The number of benzene rings is 2. The van der Waals surface area contributed by atoms with Gasteiger partial charge in [0.15, 0.2) is 0 Å². The Labute approximate surface area is 219 Å². The molecule has 1 aromatic heterocycles. The van der Waals surface area contributed by atoms with E-state index in [4.69, 9.17) is 22.1 Å². The van der Waals surface area contributed by atoms with Crippen LogP contribution in [0.1, 0.15) is 71.1 Å². The summed E-state index contributed by atoms with van der Waals surface area (Å²) in [5.74, 6) is 0.549. The number of ether oxygens (including phenoxy) is 2. The zero-order chi connectivity index (χ0) is 24.7. The summed E-state index contributed by atoms with van der Waals surface area (Å²) in [7, 11) is 1.64. The van der Waals surface area contributed by atoms with E-state index in [1.165, 1.54) is 0 Å². The van der Waals surface area contributed by atoms with E-state index in [1.807, 2.05) is 37.3 Å². The summed E-state index contributed by atoms with van der Waals surface area (Å²) in [4.78, 5) is 15.9. The first-order valence-electron chi connectivity index (χ1n) is 12.2. The molecule has 8 heteroatoms. The highest BCUT2D eigenvalue weighted by Gasteiger charge is 2.37. The lowest BCUT2D eigenvalue weighted by Crippen LogP contribution is -2.19. The number of hydrogen-bond acceptors (Lipinski definition) is 6. The molecule has 1 N–H and O–H groups in total. The Kier molecular flexibility index (Phi) is 7.06. The number of phenols is 1. The molecule has 1 saturated heterocycles. The fourth-order valence-corrected chi connectivity index (χ4v) is 6.09. The number of aromatic hydroxyl groups is 1. The Bertz CT molecular complexity index is 1260. The molecule has 2 aromatic carbocycles. The minimum atomic E-state index is -0.377. The molecule has 5 rings (SSSR count). The number of halogens is 1. The van der Waals surface area contributed by atoms with Gasteiger partial charge in [-0.25, -0.2) is 4.79 Å². The standard InChI is InChI=1S/C27H31BrN2O4S/c1-3-34-27(32)23-22-19(15-29-11-4-5-12-29)25(31)20(28)14-21(22)30(17-9-10-17)24(23)26(35)16-7-6-8-18(13-16)33-2/h6-8,13-14,17,26,31,35H,3-5,9-12,15H2,1-2H3. The fourth-order valence-electron chi connectivity index (χ4n) is 5.22. The van der Waals surface area contributed by atoms with Crippen LogP contribution in [-0.2, 0) is 11.3 Å². The van der Waals surface area contributed by atoms with Crippen LogP contribution in [-0.4, -0.2) is 47.3 Å². The number of phenolic OH excluding ortho intramolecular Hbond substituents is 1. The molecule has 0 bridgehead atoms. The largest absolute Gasteiger partial charge is 0.506 e. The smallest absolute Gasteiger partial charge is 0.340 e. The normalized spacial score (nSPS) is 17.1. The second kappa shape index (κ2) is 10.1. The molecule has 3 aromatic rings. The van der Waals surface area contributed by atoms with Gasteiger partial charge in [-0.15, -0.1) is 0 Å². The van der Waals surface area contributed by atoms with Gasteiger partial charge >= 0.3 is 5.97 Å². The number of fused-ring (bicyclic) bond motifs is 1. The maximum atomic E-state index is 13.6. The summed E-state index contributed by atoms with van der Waals surface area (Å²) in [6, 6.07) is 10.0. The highest BCUT2D eigenvalue weighted by atomic mass is 79.9. The molecule has 1 saturated carbocycles. The number of nitrogens with zero attached hydrogens (tertiary/aromatic N) is 2. The second-order valence-electron chi connectivity index (χ2n) is 9.32. The van der Waals surface area contributed by atoms with Gasteiger partial charge < -0.3 is 19.1 Å². The Morgan fingerprint density at radius 2 is 2.00 bits per heavy atom. The Hall–Kier alpha value is -2.16. The van der Waals surface area contributed by atoms with E-state index in [9.17, 15) is 9.90 Å². The van der Waals surface area contributed by atoms with Crippen molar-refractivity contribution in [2.75, 3.05) is 26.8 Å². The highest BCUT2D eigenvalue weighted by molar-refractivity contribution is 9.10. The van der Waals surface area contributed by atoms with E-state index >= 15 is 0 Å². The second-order valence-corrected chi connectivity index (χ2v) is 10.7. The third-order valence-corrected chi connectivity index (χ3v) is 8.15. The number of thiol groups is 1. The average molecular weight is 560 g/mol. The lowest BCUT2D eigenvalue weighted by molar-refractivity contribution is 0.0527. The monoisotopic (exact) mass is 558 g/mol. The molecule has 6 nitrogen and oxygen atoms in total. The third-order valence-electron chi connectivity index (χ3n) is 7.00. The molecular formula is C27H31BrN2O4S. The molecule has 2 aliphatic rings. The molecule has 1 unspecified atom stereocenters. The summed E-state index contributed by atoms with van der Waals surface area (Å²) in [5.41, 5.74) is 3.97. The van der Waals surface area contributed by atoms with E-state index in [0.29, 0.717) is 16.6 Å². The zero-order valence-electron chi connectivity index (χ0n) is 20.1. The molecule has 0 radical (unpaired) electrons. The molecule has 0 amide bonds. The van der Waals surface area contributed by atoms with Crippen molar-refractivity contribution in [3.05, 3.63) is 57.2 Å². The van der Waals surface area contributed by atoms with Gasteiger partial charge in [-0.1, -0.05) is 12.1 Å². The van der Waals surface area contributed by atoms with Crippen LogP contribution in [0.25, 0.3) is 10.9 Å². The third kappa shape index (κ3) is 4.56. The SMILES string of the molecule is CCOC(=O)c1c(C(S)c2cccc(OC)c2)n(C2CC2)c2cc(Br)c(O)c(CN3CCCC3)c12. The highest BCUT2D eigenvalue weighted by Crippen LogP contribution is 2.49. The quantitative estimate of drug-likeness (QED) is 0.253. The first kappa shape index (κ1) is 24.5. The Morgan fingerprint density at radius 3 is 2.66 bits per heavy atom. The summed E-state index contributed by atoms with van der Waals surface area (Å²) < 4.78 is 13.9. The molecule has 1 atom stereocenters. The predicted molar refractivity (Wildman–Crippen MR) is 144 cm³/mol. The summed E-state index contributed by atoms with van der Waals surface area (Å²) in [6.07, 6.45) is 4.37. The lowest BCUT2D eigenvalue weighted by Gasteiger charge is -2.18. The van der Waals surface area contributed by atoms with Crippen molar-refractivity contribution < 1.29 is 19.4 Å². The average Bonchev–Trinajstić information content (AvgIpc) is 3.45. The van der Waals surface area contributed by atoms with Crippen LogP contribution in [0.2, 0.25) is 0 Å². The zero-order valence-corrected chi connectivity index (χ0v) is 22.6. The first-order valence-corrected chi connectivity index (χ1v) is 13.5. The van der Waals surface area contributed by atoms with Crippen molar-refractivity contribution in [2.45, 2.75) is 50.4 Å². The minimum absolute atomic E-state index is 0.187. The molecule has 1 aliphatic heterocycles. The van der Waals surface area contributed by atoms with Gasteiger partial charge in [0, 0.05) is 23.5 Å². The van der Waals surface area contributed by atoms with Crippen LogP contribution in [0.5, 0.6) is 11.5 Å². The number of rotatable bonds is 8. The number of hydrogen-bond donors (Lipinski definition) is 2. The molecule has 2 heterocycles. The van der Waals surface area contributed by atoms with Gasteiger partial charge in [0.2, 0.25) is 0 Å². The maximum Gasteiger partial charge on any atom is 0.340 e. The Morgan fingerprint density at radius 1 is 1.26 bits per heavy atom. The summed E-state index contributed by atoms with van der Waals surface area (Å²) >= 11 is 8.65. The van der Waals surface area contributed by atoms with Gasteiger partial charge in [-0.2, -0.15) is 12.6 Å². The minimum Gasteiger partial charge on any atom is -0.506 e. The van der Waals surface area contributed by atoms with Gasteiger partial charge in [0.05, 0.1) is 40.2 Å². The molecular weight excluding hydrogens is 528 g/mol. The summed E-state index contributed by atoms with van der Waals surface area (Å²) in [6.45, 7) is 4.64. The van der Waals surface area contributed by atoms with Gasteiger partial charge in [-0.05, 0) is 85.4 Å². The molecule has 0 spiro atoms. The number of carbonyl (C=O) groups is 1. The van der Waals surface area contributed by atoms with E-state index in [0.717, 1.165) is 72.2 Å². The lowest BCUT2D eigenvalue weighted by atomic mass is 10.00. The number of carbonyl (C=O) groups excluding carboxylic acids is 1. The van der Waals surface area contributed by atoms with E-state index < -0.39 is 0 Å². The fraction of sp³-hybridized carbons (Fsp3) is 0.444. The Balaban J connectivity index is 1.80. The van der Waals surface area contributed by atoms with Crippen molar-refractivity contribution in [1.29, 1.82) is 0 Å². The van der Waals surface area contributed by atoms with Crippen LogP contribution in [0.15, 0.2) is 34.8 Å². The van der Waals surface area contributed by atoms with Crippen molar-refractivity contribution in [3.8, 4) is 11.5 Å². The van der Waals surface area contributed by atoms with E-state index in [1.54, 1.807) is 7.11 Å².